The summed E-state index contributed by atoms with van der Waals surface area (Å²) in [5.41, 5.74) is 8.42. The topological polar surface area (TPSA) is 37.8 Å². The monoisotopic (exact) mass is 315 g/mol. The predicted octanol–water partition coefficient (Wildman–Crippen LogP) is 5.15. The average molecular weight is 315 g/mol. The van der Waals surface area contributed by atoms with Crippen LogP contribution in [0.5, 0.6) is 0 Å². The molecule has 0 unspecified atom stereocenters. The Bertz CT molecular complexity index is 897. The zero-order valence-electron chi connectivity index (χ0n) is 14.3. The molecule has 0 aliphatic carbocycles. The molecule has 0 spiro atoms. The number of hydrogen-bond acceptors (Lipinski definition) is 3. The molecule has 0 aliphatic rings. The zero-order chi connectivity index (χ0) is 17.1. The normalized spacial score (nSPS) is 10.5. The lowest BCUT2D eigenvalue weighted by atomic mass is 10.0. The maximum absolute atomic E-state index is 4.58. The van der Waals surface area contributed by atoms with Gasteiger partial charge < -0.3 is 5.32 Å². The molecule has 0 saturated heterocycles. The van der Waals surface area contributed by atoms with Gasteiger partial charge in [-0.15, -0.1) is 0 Å². The van der Waals surface area contributed by atoms with Crippen molar-refractivity contribution in [2.24, 2.45) is 0 Å². The van der Waals surface area contributed by atoms with Gasteiger partial charge in [0.2, 0.25) is 0 Å². The van der Waals surface area contributed by atoms with Crippen molar-refractivity contribution >= 4 is 11.4 Å². The van der Waals surface area contributed by atoms with Crippen LogP contribution >= 0.6 is 0 Å². The van der Waals surface area contributed by atoms with Gasteiger partial charge in [0.05, 0.1) is 5.69 Å². The molecule has 0 fully saturated rings. The Balaban J connectivity index is 1.98. The molecule has 24 heavy (non-hydrogen) atoms. The van der Waals surface area contributed by atoms with E-state index in [0.29, 0.717) is 0 Å². The van der Waals surface area contributed by atoms with E-state index in [4.69, 9.17) is 0 Å². The number of aryl methyl sites for hydroxylation is 3. The molecule has 0 radical (unpaired) electrons. The van der Waals surface area contributed by atoms with E-state index in [1.807, 2.05) is 37.5 Å². The molecule has 120 valence electrons. The van der Waals surface area contributed by atoms with Crippen LogP contribution in [-0.2, 0) is 0 Å². The van der Waals surface area contributed by atoms with Gasteiger partial charge in [0.15, 0.2) is 0 Å². The minimum Gasteiger partial charge on any atom is -0.355 e. The van der Waals surface area contributed by atoms with Crippen molar-refractivity contribution in [2.45, 2.75) is 20.8 Å². The molecule has 0 amide bonds. The summed E-state index contributed by atoms with van der Waals surface area (Å²) in [7, 11) is 0. The smallest absolute Gasteiger partial charge is 0.0798 e. The summed E-state index contributed by atoms with van der Waals surface area (Å²) in [6.07, 6.45) is 5.46. The molecule has 0 saturated carbocycles. The number of pyridine rings is 2. The van der Waals surface area contributed by atoms with Gasteiger partial charge in [-0.3, -0.25) is 9.97 Å². The second-order valence-corrected chi connectivity index (χ2v) is 6.01. The molecule has 2 aromatic heterocycles. The fraction of sp³-hybridized carbons (Fsp3) is 0.143. The Morgan fingerprint density at radius 2 is 1.83 bits per heavy atom. The van der Waals surface area contributed by atoms with Crippen LogP contribution in [0.4, 0.5) is 5.69 Å². The van der Waals surface area contributed by atoms with Crippen LogP contribution in [0, 0.1) is 20.8 Å². The van der Waals surface area contributed by atoms with E-state index in [2.05, 4.69) is 53.9 Å². The first kappa shape index (κ1) is 15.9. The third-order valence-electron chi connectivity index (χ3n) is 4.08. The third-order valence-corrected chi connectivity index (χ3v) is 4.08. The average Bonchev–Trinajstić information content (AvgIpc) is 2.58. The summed E-state index contributed by atoms with van der Waals surface area (Å²) in [6, 6.07) is 12.3. The highest BCUT2D eigenvalue weighted by Gasteiger charge is 2.12. The van der Waals surface area contributed by atoms with Crippen LogP contribution in [0.25, 0.3) is 17.0 Å². The lowest BCUT2D eigenvalue weighted by Crippen LogP contribution is -2.02. The Labute approximate surface area is 143 Å². The van der Waals surface area contributed by atoms with E-state index >= 15 is 0 Å². The van der Waals surface area contributed by atoms with Gasteiger partial charge in [-0.1, -0.05) is 24.3 Å². The highest BCUT2D eigenvalue weighted by Crippen LogP contribution is 2.29. The molecule has 1 aromatic carbocycles. The Morgan fingerprint density at radius 3 is 2.58 bits per heavy atom. The summed E-state index contributed by atoms with van der Waals surface area (Å²) >= 11 is 0. The van der Waals surface area contributed by atoms with Crippen molar-refractivity contribution in [3.05, 3.63) is 83.8 Å². The first-order chi connectivity index (χ1) is 11.6. The number of aromatic nitrogens is 2. The van der Waals surface area contributed by atoms with Gasteiger partial charge in [-0.05, 0) is 56.2 Å². The molecule has 3 aromatic rings. The number of rotatable bonds is 4. The minimum atomic E-state index is 0.835. The van der Waals surface area contributed by atoms with Crippen molar-refractivity contribution in [2.75, 3.05) is 5.32 Å². The molecule has 2 heterocycles. The summed E-state index contributed by atoms with van der Waals surface area (Å²) < 4.78 is 0. The summed E-state index contributed by atoms with van der Waals surface area (Å²) in [4.78, 5) is 8.75. The minimum absolute atomic E-state index is 0.835. The lowest BCUT2D eigenvalue weighted by molar-refractivity contribution is 1.23. The Hall–Kier alpha value is -2.94. The van der Waals surface area contributed by atoms with Crippen LogP contribution in [0.2, 0.25) is 0 Å². The number of nitrogens with one attached hydrogen (secondary N) is 1. The molecule has 1 N–H and O–H groups in total. The van der Waals surface area contributed by atoms with E-state index in [1.165, 1.54) is 11.1 Å². The standard InChI is InChI=1S/C21H21N3/c1-14-7-8-20(15(2)12-14)24-17(4)19-6-5-10-23-21(19)18-9-11-22-13-16(18)3/h5-13,24H,4H2,1-3H3. The second kappa shape index (κ2) is 6.67. The van der Waals surface area contributed by atoms with E-state index in [1.54, 1.807) is 6.20 Å². The van der Waals surface area contributed by atoms with Crippen LogP contribution in [0.3, 0.4) is 0 Å². The first-order valence-corrected chi connectivity index (χ1v) is 7.96. The van der Waals surface area contributed by atoms with E-state index in [0.717, 1.165) is 33.8 Å². The molecule has 3 rings (SSSR count). The maximum atomic E-state index is 4.58. The Morgan fingerprint density at radius 1 is 1.00 bits per heavy atom. The van der Waals surface area contributed by atoms with Gasteiger partial charge in [-0.25, -0.2) is 0 Å². The van der Waals surface area contributed by atoms with Crippen molar-refractivity contribution in [1.82, 2.24) is 9.97 Å². The summed E-state index contributed by atoms with van der Waals surface area (Å²) in [6.45, 7) is 10.5. The molecule has 0 atom stereocenters. The predicted molar refractivity (Wildman–Crippen MR) is 101 cm³/mol. The molecule has 0 aliphatic heterocycles. The Kier molecular flexibility index (Phi) is 4.43. The SMILES string of the molecule is C=C(Nc1ccc(C)cc1C)c1cccnc1-c1ccncc1C. The number of benzene rings is 1. The van der Waals surface area contributed by atoms with Crippen LogP contribution in [-0.4, -0.2) is 9.97 Å². The van der Waals surface area contributed by atoms with Crippen LogP contribution in [0.1, 0.15) is 22.3 Å². The lowest BCUT2D eigenvalue weighted by Gasteiger charge is -2.16. The second-order valence-electron chi connectivity index (χ2n) is 6.01. The summed E-state index contributed by atoms with van der Waals surface area (Å²) in [5, 5.41) is 3.43. The van der Waals surface area contributed by atoms with E-state index in [-0.39, 0.29) is 0 Å². The number of nitrogens with zero attached hydrogens (tertiary/aromatic N) is 2. The van der Waals surface area contributed by atoms with Crippen molar-refractivity contribution in [1.29, 1.82) is 0 Å². The zero-order valence-corrected chi connectivity index (χ0v) is 14.3. The largest absolute Gasteiger partial charge is 0.355 e. The first-order valence-electron chi connectivity index (χ1n) is 7.96. The highest BCUT2D eigenvalue weighted by atomic mass is 14.9. The fourth-order valence-corrected chi connectivity index (χ4v) is 2.79. The number of anilines is 1. The quantitative estimate of drug-likeness (QED) is 0.723. The van der Waals surface area contributed by atoms with Gasteiger partial charge in [0, 0.05) is 41.1 Å². The van der Waals surface area contributed by atoms with Crippen molar-refractivity contribution in [3.63, 3.8) is 0 Å². The molecule has 3 heteroatoms. The third kappa shape index (κ3) is 3.20. The van der Waals surface area contributed by atoms with Gasteiger partial charge in [0.25, 0.3) is 0 Å². The number of hydrogen-bond donors (Lipinski definition) is 1. The van der Waals surface area contributed by atoms with E-state index in [9.17, 15) is 0 Å². The van der Waals surface area contributed by atoms with Gasteiger partial charge >= 0.3 is 0 Å². The van der Waals surface area contributed by atoms with Crippen LogP contribution < -0.4 is 5.32 Å². The summed E-state index contributed by atoms with van der Waals surface area (Å²) in [5.74, 6) is 0. The molecule has 0 bridgehead atoms. The maximum Gasteiger partial charge on any atom is 0.0798 e. The van der Waals surface area contributed by atoms with Crippen LogP contribution in [0.15, 0.2) is 61.6 Å². The molecule has 3 nitrogen and oxygen atoms in total. The highest BCUT2D eigenvalue weighted by molar-refractivity contribution is 5.84. The van der Waals surface area contributed by atoms with E-state index < -0.39 is 0 Å². The van der Waals surface area contributed by atoms with Gasteiger partial charge in [-0.2, -0.15) is 0 Å². The fourth-order valence-electron chi connectivity index (χ4n) is 2.79. The van der Waals surface area contributed by atoms with Gasteiger partial charge in [0.1, 0.15) is 0 Å². The molecular weight excluding hydrogens is 294 g/mol. The van der Waals surface area contributed by atoms with Crippen molar-refractivity contribution < 1.29 is 0 Å². The molecular formula is C21H21N3. The van der Waals surface area contributed by atoms with Crippen molar-refractivity contribution in [3.8, 4) is 11.3 Å².